The molecule has 0 aliphatic rings. The van der Waals surface area contributed by atoms with Crippen molar-refractivity contribution >= 4 is 27.3 Å². The molecule has 0 saturated heterocycles. The minimum Gasteiger partial charge on any atom is -0.383 e. The highest BCUT2D eigenvalue weighted by Gasteiger charge is 2.14. The molecule has 1 N–H and O–H groups in total. The molecule has 78 valence electrons. The molecular formula is C11H10BrNOS. The third-order valence-corrected chi connectivity index (χ3v) is 4.07. The number of rotatable bonds is 2. The Morgan fingerprint density at radius 1 is 1.40 bits per heavy atom. The van der Waals surface area contributed by atoms with Crippen molar-refractivity contribution in [2.24, 2.45) is 0 Å². The van der Waals surface area contributed by atoms with Gasteiger partial charge in [-0.2, -0.15) is 0 Å². The molecule has 0 radical (unpaired) electrons. The summed E-state index contributed by atoms with van der Waals surface area (Å²) in [5, 5.41) is 12.0. The van der Waals surface area contributed by atoms with Gasteiger partial charge < -0.3 is 5.11 Å². The number of aliphatic hydroxyl groups excluding tert-OH is 1. The first kappa shape index (κ1) is 10.8. The number of hydrogen-bond donors (Lipinski definition) is 1. The van der Waals surface area contributed by atoms with Crippen molar-refractivity contribution in [1.29, 1.82) is 0 Å². The maximum Gasteiger partial charge on any atom is 0.116 e. The third-order valence-electron chi connectivity index (χ3n) is 2.14. The van der Waals surface area contributed by atoms with E-state index in [1.54, 1.807) is 6.20 Å². The monoisotopic (exact) mass is 283 g/mol. The smallest absolute Gasteiger partial charge is 0.116 e. The first-order chi connectivity index (χ1) is 7.18. The zero-order valence-electron chi connectivity index (χ0n) is 8.14. The highest BCUT2D eigenvalue weighted by atomic mass is 79.9. The predicted octanol–water partition coefficient (Wildman–Crippen LogP) is 3.30. The number of aliphatic hydroxyl groups is 1. The van der Waals surface area contributed by atoms with E-state index in [-0.39, 0.29) is 0 Å². The molecule has 2 aromatic heterocycles. The quantitative estimate of drug-likeness (QED) is 0.918. The van der Waals surface area contributed by atoms with Crippen molar-refractivity contribution in [3.8, 4) is 0 Å². The average molecular weight is 284 g/mol. The normalized spacial score (nSPS) is 12.7. The third kappa shape index (κ3) is 2.27. The Morgan fingerprint density at radius 2 is 2.20 bits per heavy atom. The lowest BCUT2D eigenvalue weighted by molar-refractivity contribution is 0.223. The minimum atomic E-state index is -0.590. The summed E-state index contributed by atoms with van der Waals surface area (Å²) in [6.07, 6.45) is 1.12. The van der Waals surface area contributed by atoms with E-state index in [0.29, 0.717) is 0 Å². The zero-order valence-corrected chi connectivity index (χ0v) is 10.5. The molecule has 2 heterocycles. The molecule has 1 atom stereocenters. The van der Waals surface area contributed by atoms with Crippen LogP contribution in [0.2, 0.25) is 0 Å². The van der Waals surface area contributed by atoms with Gasteiger partial charge in [-0.1, -0.05) is 6.07 Å². The number of nitrogens with zero attached hydrogens (tertiary/aromatic N) is 1. The van der Waals surface area contributed by atoms with Crippen LogP contribution in [0.25, 0.3) is 0 Å². The van der Waals surface area contributed by atoms with E-state index in [1.165, 1.54) is 11.3 Å². The number of halogens is 1. The van der Waals surface area contributed by atoms with Crippen molar-refractivity contribution < 1.29 is 5.11 Å². The molecule has 0 bridgehead atoms. The molecule has 15 heavy (non-hydrogen) atoms. The molecule has 2 nitrogen and oxygen atoms in total. The van der Waals surface area contributed by atoms with E-state index in [9.17, 15) is 5.11 Å². The number of hydrogen-bond acceptors (Lipinski definition) is 3. The lowest BCUT2D eigenvalue weighted by Gasteiger charge is -2.09. The standard InChI is InChI=1S/C11H10BrNOS/c1-7-2-3-8(6-13-7)10(14)11-9(12)4-5-15-11/h2-6,10,14H,1H3. The van der Waals surface area contributed by atoms with Gasteiger partial charge in [0, 0.05) is 21.9 Å². The summed E-state index contributed by atoms with van der Waals surface area (Å²) in [5.74, 6) is 0. The van der Waals surface area contributed by atoms with E-state index in [1.807, 2.05) is 30.5 Å². The lowest BCUT2D eigenvalue weighted by Crippen LogP contribution is -1.98. The van der Waals surface area contributed by atoms with Crippen LogP contribution in [-0.2, 0) is 0 Å². The zero-order chi connectivity index (χ0) is 10.8. The van der Waals surface area contributed by atoms with Crippen LogP contribution in [0.1, 0.15) is 22.2 Å². The Labute approximate surface area is 101 Å². The van der Waals surface area contributed by atoms with Gasteiger partial charge in [-0.25, -0.2) is 0 Å². The van der Waals surface area contributed by atoms with Crippen molar-refractivity contribution in [3.05, 3.63) is 50.4 Å². The minimum absolute atomic E-state index is 0.590. The summed E-state index contributed by atoms with van der Waals surface area (Å²) in [4.78, 5) is 5.09. The van der Waals surface area contributed by atoms with Crippen LogP contribution < -0.4 is 0 Å². The van der Waals surface area contributed by atoms with Gasteiger partial charge >= 0.3 is 0 Å². The molecular weight excluding hydrogens is 274 g/mol. The summed E-state index contributed by atoms with van der Waals surface area (Å²) < 4.78 is 0.945. The molecule has 0 aromatic carbocycles. The SMILES string of the molecule is Cc1ccc(C(O)c2sccc2Br)cn1. The van der Waals surface area contributed by atoms with Crippen molar-refractivity contribution in [2.75, 3.05) is 0 Å². The highest BCUT2D eigenvalue weighted by Crippen LogP contribution is 2.32. The van der Waals surface area contributed by atoms with Crippen LogP contribution in [-0.4, -0.2) is 10.1 Å². The fraction of sp³-hybridized carbons (Fsp3) is 0.182. The second-order valence-corrected chi connectivity index (χ2v) is 5.07. The molecule has 0 aliphatic carbocycles. The summed E-state index contributed by atoms with van der Waals surface area (Å²) in [5.41, 5.74) is 1.78. The number of aromatic nitrogens is 1. The Morgan fingerprint density at radius 3 is 2.73 bits per heavy atom. The Balaban J connectivity index is 2.32. The topological polar surface area (TPSA) is 33.1 Å². The Kier molecular flexibility index (Phi) is 3.19. The predicted molar refractivity (Wildman–Crippen MR) is 65.1 cm³/mol. The van der Waals surface area contributed by atoms with Gasteiger partial charge in [-0.05, 0) is 40.4 Å². The lowest BCUT2D eigenvalue weighted by atomic mass is 10.1. The maximum absolute atomic E-state index is 10.1. The van der Waals surface area contributed by atoms with Gasteiger partial charge in [0.05, 0.1) is 4.88 Å². The first-order valence-electron chi connectivity index (χ1n) is 4.52. The first-order valence-corrected chi connectivity index (χ1v) is 6.19. The molecule has 0 spiro atoms. The summed E-state index contributed by atoms with van der Waals surface area (Å²) >= 11 is 4.94. The van der Waals surface area contributed by atoms with Crippen LogP contribution in [0.4, 0.5) is 0 Å². The highest BCUT2D eigenvalue weighted by molar-refractivity contribution is 9.10. The summed E-state index contributed by atoms with van der Waals surface area (Å²) in [6.45, 7) is 1.93. The van der Waals surface area contributed by atoms with E-state index in [2.05, 4.69) is 20.9 Å². The van der Waals surface area contributed by atoms with Gasteiger partial charge in [-0.3, -0.25) is 4.98 Å². The van der Waals surface area contributed by atoms with Crippen LogP contribution in [0.3, 0.4) is 0 Å². The molecule has 0 amide bonds. The maximum atomic E-state index is 10.1. The van der Waals surface area contributed by atoms with Crippen LogP contribution in [0, 0.1) is 6.92 Å². The molecule has 0 aliphatic heterocycles. The van der Waals surface area contributed by atoms with Crippen LogP contribution >= 0.6 is 27.3 Å². The van der Waals surface area contributed by atoms with E-state index < -0.39 is 6.10 Å². The summed E-state index contributed by atoms with van der Waals surface area (Å²) in [7, 11) is 0. The molecule has 0 saturated carbocycles. The van der Waals surface area contributed by atoms with Gasteiger partial charge in [-0.15, -0.1) is 11.3 Å². The van der Waals surface area contributed by atoms with E-state index in [0.717, 1.165) is 20.6 Å². The number of thiophene rings is 1. The second kappa shape index (κ2) is 4.43. The van der Waals surface area contributed by atoms with Crippen LogP contribution in [0.5, 0.6) is 0 Å². The Bertz CT molecular complexity index is 452. The molecule has 4 heteroatoms. The fourth-order valence-corrected chi connectivity index (χ4v) is 2.89. The van der Waals surface area contributed by atoms with Gasteiger partial charge in [0.1, 0.15) is 6.10 Å². The van der Waals surface area contributed by atoms with E-state index >= 15 is 0 Å². The van der Waals surface area contributed by atoms with Gasteiger partial charge in [0.2, 0.25) is 0 Å². The average Bonchev–Trinajstić information content (AvgIpc) is 2.65. The number of aryl methyl sites for hydroxylation is 1. The van der Waals surface area contributed by atoms with Crippen molar-refractivity contribution in [3.63, 3.8) is 0 Å². The van der Waals surface area contributed by atoms with Crippen LogP contribution in [0.15, 0.2) is 34.2 Å². The van der Waals surface area contributed by atoms with Gasteiger partial charge in [0.15, 0.2) is 0 Å². The Hall–Kier alpha value is -0.710. The molecule has 1 unspecified atom stereocenters. The molecule has 2 aromatic rings. The summed E-state index contributed by atoms with van der Waals surface area (Å²) in [6, 6.07) is 5.74. The fourth-order valence-electron chi connectivity index (χ4n) is 1.29. The molecule has 2 rings (SSSR count). The second-order valence-electron chi connectivity index (χ2n) is 3.27. The van der Waals surface area contributed by atoms with Crippen molar-refractivity contribution in [1.82, 2.24) is 4.98 Å². The molecule has 0 fully saturated rings. The largest absolute Gasteiger partial charge is 0.383 e. The number of pyridine rings is 1. The van der Waals surface area contributed by atoms with Gasteiger partial charge in [0.25, 0.3) is 0 Å². The van der Waals surface area contributed by atoms with Crippen molar-refractivity contribution in [2.45, 2.75) is 13.0 Å². The van der Waals surface area contributed by atoms with E-state index in [4.69, 9.17) is 0 Å².